The highest BCUT2D eigenvalue weighted by Crippen LogP contribution is 2.43. The van der Waals surface area contributed by atoms with Gasteiger partial charge in [0, 0.05) is 24.8 Å². The summed E-state index contributed by atoms with van der Waals surface area (Å²) in [7, 11) is 0. The molecule has 0 radical (unpaired) electrons. The van der Waals surface area contributed by atoms with E-state index in [0.29, 0.717) is 18.4 Å². The Labute approximate surface area is 163 Å². The van der Waals surface area contributed by atoms with Crippen molar-refractivity contribution in [3.8, 4) is 0 Å². The Morgan fingerprint density at radius 1 is 1.26 bits per heavy atom. The van der Waals surface area contributed by atoms with E-state index in [1.165, 1.54) is 58.0 Å². The molecule has 5 nitrogen and oxygen atoms in total. The zero-order chi connectivity index (χ0) is 18.6. The predicted octanol–water partition coefficient (Wildman–Crippen LogP) is 3.39. The van der Waals surface area contributed by atoms with Gasteiger partial charge in [-0.25, -0.2) is 4.98 Å². The average Bonchev–Trinajstić information content (AvgIpc) is 2.69. The minimum atomic E-state index is 0.0807. The molecule has 0 aliphatic carbocycles. The second-order valence-corrected chi connectivity index (χ2v) is 8.64. The molecule has 27 heavy (non-hydrogen) atoms. The quantitative estimate of drug-likeness (QED) is 0.834. The highest BCUT2D eigenvalue weighted by Gasteiger charge is 2.48. The van der Waals surface area contributed by atoms with E-state index < -0.39 is 0 Å². The van der Waals surface area contributed by atoms with Crippen LogP contribution < -0.4 is 5.32 Å². The normalized spacial score (nSPS) is 31.3. The topological polar surface area (TPSA) is 48.5 Å². The van der Waals surface area contributed by atoms with Gasteiger partial charge in [0.05, 0.1) is 6.54 Å². The van der Waals surface area contributed by atoms with E-state index in [4.69, 9.17) is 0 Å². The summed E-state index contributed by atoms with van der Waals surface area (Å²) in [6.45, 7) is 6.44. The van der Waals surface area contributed by atoms with Crippen LogP contribution in [0.25, 0.3) is 0 Å². The van der Waals surface area contributed by atoms with Crippen LogP contribution in [-0.2, 0) is 4.79 Å². The summed E-state index contributed by atoms with van der Waals surface area (Å²) >= 11 is 0. The lowest BCUT2D eigenvalue weighted by Gasteiger charge is -2.57. The molecule has 1 aromatic rings. The maximum atomic E-state index is 12.7. The Kier molecular flexibility index (Phi) is 6.08. The Bertz CT molecular complexity index is 620. The van der Waals surface area contributed by atoms with Gasteiger partial charge in [-0.2, -0.15) is 0 Å². The maximum absolute atomic E-state index is 12.7. The number of nitrogens with zero attached hydrogens (tertiary/aromatic N) is 3. The van der Waals surface area contributed by atoms with Crippen LogP contribution in [-0.4, -0.2) is 59.0 Å². The lowest BCUT2D eigenvalue weighted by Crippen LogP contribution is -2.65. The highest BCUT2D eigenvalue weighted by molar-refractivity contribution is 5.91. The number of hydrogen-bond acceptors (Lipinski definition) is 4. The number of piperidine rings is 3. The predicted molar refractivity (Wildman–Crippen MR) is 109 cm³/mol. The number of rotatable bonds is 6. The molecule has 4 rings (SSSR count). The average molecular weight is 371 g/mol. The Morgan fingerprint density at radius 3 is 2.89 bits per heavy atom. The minimum absolute atomic E-state index is 0.0807. The van der Waals surface area contributed by atoms with Crippen LogP contribution in [0, 0.1) is 11.8 Å². The number of nitrogens with one attached hydrogen (secondary N) is 1. The highest BCUT2D eigenvalue weighted by atomic mass is 16.2. The van der Waals surface area contributed by atoms with Gasteiger partial charge in [0.25, 0.3) is 0 Å². The molecular weight excluding hydrogens is 336 g/mol. The number of likely N-dealkylation sites (tertiary alicyclic amines) is 1. The zero-order valence-electron chi connectivity index (χ0n) is 16.6. The van der Waals surface area contributed by atoms with Gasteiger partial charge in [0.15, 0.2) is 0 Å². The number of hydrogen-bond donors (Lipinski definition) is 1. The van der Waals surface area contributed by atoms with Crippen molar-refractivity contribution in [3.05, 3.63) is 24.4 Å². The van der Waals surface area contributed by atoms with Crippen LogP contribution in [0.5, 0.6) is 0 Å². The standard InChI is InChI=1S/C22H34N4O/c1-2-3-10-19-18-9-7-14-25-13-6-8-17(22(18)25)15-26(19)16-21(27)24-20-11-4-5-12-23-20/h4-5,11-12,17-19,22H,2-3,6-10,13-16H2,1H3,(H,23,24,27)/t17-,18+,19+,22-/m0/s1. The van der Waals surface area contributed by atoms with E-state index >= 15 is 0 Å². The molecular formula is C22H34N4O. The molecule has 0 unspecified atom stereocenters. The lowest BCUT2D eigenvalue weighted by atomic mass is 9.69. The summed E-state index contributed by atoms with van der Waals surface area (Å²) in [5.74, 6) is 2.22. The smallest absolute Gasteiger partial charge is 0.239 e. The molecule has 0 bridgehead atoms. The Balaban J connectivity index is 1.48. The van der Waals surface area contributed by atoms with Crippen LogP contribution in [0.1, 0.15) is 51.9 Å². The zero-order valence-corrected chi connectivity index (χ0v) is 16.6. The number of aromatic nitrogens is 1. The van der Waals surface area contributed by atoms with Crippen LogP contribution >= 0.6 is 0 Å². The van der Waals surface area contributed by atoms with Gasteiger partial charge in [-0.05, 0) is 69.2 Å². The van der Waals surface area contributed by atoms with Crippen molar-refractivity contribution in [1.82, 2.24) is 14.8 Å². The second kappa shape index (κ2) is 8.70. The second-order valence-electron chi connectivity index (χ2n) is 8.64. The van der Waals surface area contributed by atoms with Crippen molar-refractivity contribution < 1.29 is 4.79 Å². The maximum Gasteiger partial charge on any atom is 0.239 e. The van der Waals surface area contributed by atoms with Gasteiger partial charge in [-0.15, -0.1) is 0 Å². The fraction of sp³-hybridized carbons (Fsp3) is 0.727. The van der Waals surface area contributed by atoms with Crippen molar-refractivity contribution >= 4 is 11.7 Å². The van der Waals surface area contributed by atoms with E-state index in [1.54, 1.807) is 6.20 Å². The number of pyridine rings is 1. The van der Waals surface area contributed by atoms with Crippen LogP contribution in [0.4, 0.5) is 5.82 Å². The minimum Gasteiger partial charge on any atom is -0.310 e. The third-order valence-electron chi connectivity index (χ3n) is 6.91. The molecule has 4 heterocycles. The van der Waals surface area contributed by atoms with E-state index in [1.807, 2.05) is 18.2 Å². The fourth-order valence-corrected chi connectivity index (χ4v) is 5.88. The third-order valence-corrected chi connectivity index (χ3v) is 6.91. The van der Waals surface area contributed by atoms with Crippen molar-refractivity contribution in [2.24, 2.45) is 11.8 Å². The number of amides is 1. The Morgan fingerprint density at radius 2 is 2.11 bits per heavy atom. The van der Waals surface area contributed by atoms with E-state index in [2.05, 4.69) is 27.0 Å². The molecule has 3 aliphatic heterocycles. The van der Waals surface area contributed by atoms with Gasteiger partial charge in [-0.3, -0.25) is 14.6 Å². The molecule has 148 valence electrons. The van der Waals surface area contributed by atoms with E-state index in [9.17, 15) is 4.79 Å². The molecule has 4 atom stereocenters. The van der Waals surface area contributed by atoms with Gasteiger partial charge >= 0.3 is 0 Å². The van der Waals surface area contributed by atoms with Crippen LogP contribution in [0.2, 0.25) is 0 Å². The first-order chi connectivity index (χ1) is 13.3. The van der Waals surface area contributed by atoms with E-state index in [-0.39, 0.29) is 5.91 Å². The van der Waals surface area contributed by atoms with Gasteiger partial charge in [-0.1, -0.05) is 25.8 Å². The summed E-state index contributed by atoms with van der Waals surface area (Å²) in [4.78, 5) is 22.3. The summed E-state index contributed by atoms with van der Waals surface area (Å²) < 4.78 is 0. The molecule has 3 saturated heterocycles. The molecule has 1 N–H and O–H groups in total. The summed E-state index contributed by atoms with van der Waals surface area (Å²) in [6, 6.07) is 6.97. The number of anilines is 1. The molecule has 0 saturated carbocycles. The first-order valence-electron chi connectivity index (χ1n) is 10.9. The van der Waals surface area contributed by atoms with Gasteiger partial charge < -0.3 is 5.32 Å². The number of carbonyl (C=O) groups is 1. The number of unbranched alkanes of at least 4 members (excludes halogenated alkanes) is 1. The SMILES string of the molecule is CCCC[C@@H]1[C@H]2CCCN3CCC[C@@H](CN1CC(=O)Nc1ccccn1)[C@@H]23. The monoisotopic (exact) mass is 370 g/mol. The molecule has 3 fully saturated rings. The summed E-state index contributed by atoms with van der Waals surface area (Å²) in [5, 5.41) is 2.99. The van der Waals surface area contributed by atoms with Crippen molar-refractivity contribution in [3.63, 3.8) is 0 Å². The first kappa shape index (κ1) is 18.9. The molecule has 1 aromatic heterocycles. The van der Waals surface area contributed by atoms with Gasteiger partial charge in [0.1, 0.15) is 5.82 Å². The van der Waals surface area contributed by atoms with Crippen molar-refractivity contribution in [2.45, 2.75) is 64.0 Å². The number of carbonyl (C=O) groups excluding carboxylic acids is 1. The van der Waals surface area contributed by atoms with E-state index in [0.717, 1.165) is 24.4 Å². The first-order valence-corrected chi connectivity index (χ1v) is 10.9. The molecule has 1 amide bonds. The van der Waals surface area contributed by atoms with Crippen LogP contribution in [0.15, 0.2) is 24.4 Å². The van der Waals surface area contributed by atoms with Crippen molar-refractivity contribution in [2.75, 3.05) is 31.5 Å². The lowest BCUT2D eigenvalue weighted by molar-refractivity contribution is -0.123. The third kappa shape index (κ3) is 4.19. The largest absolute Gasteiger partial charge is 0.310 e. The molecule has 0 spiro atoms. The van der Waals surface area contributed by atoms with Crippen LogP contribution in [0.3, 0.4) is 0 Å². The van der Waals surface area contributed by atoms with Gasteiger partial charge in [0.2, 0.25) is 5.91 Å². The molecule has 3 aliphatic rings. The Hall–Kier alpha value is -1.46. The molecule has 5 heteroatoms. The summed E-state index contributed by atoms with van der Waals surface area (Å²) in [5.41, 5.74) is 0. The summed E-state index contributed by atoms with van der Waals surface area (Å²) in [6.07, 6.45) is 10.8. The van der Waals surface area contributed by atoms with Crippen molar-refractivity contribution in [1.29, 1.82) is 0 Å². The fourth-order valence-electron chi connectivity index (χ4n) is 5.88. The molecule has 0 aromatic carbocycles.